The van der Waals surface area contributed by atoms with E-state index in [1.165, 1.54) is 11.8 Å². The fourth-order valence-corrected chi connectivity index (χ4v) is 4.40. The predicted octanol–water partition coefficient (Wildman–Crippen LogP) is 3.75. The van der Waals surface area contributed by atoms with Crippen molar-refractivity contribution in [1.29, 1.82) is 0 Å². The maximum Gasteiger partial charge on any atom is 0.152 e. The smallest absolute Gasteiger partial charge is 0.152 e. The molecule has 5 nitrogen and oxygen atoms in total. The van der Waals surface area contributed by atoms with Gasteiger partial charge in [-0.15, -0.1) is 0 Å². The fourth-order valence-electron chi connectivity index (χ4n) is 3.38. The lowest BCUT2D eigenvalue weighted by atomic mass is 10.1. The topological polar surface area (TPSA) is 81.1 Å². The summed E-state index contributed by atoms with van der Waals surface area (Å²) in [6.45, 7) is 4.16. The fraction of sp³-hybridized carbons (Fsp3) is 0.200. The number of rotatable bonds is 3. The molecule has 2 aromatic carbocycles. The zero-order valence-corrected chi connectivity index (χ0v) is 15.6. The van der Waals surface area contributed by atoms with Crippen LogP contribution < -0.4 is 16.4 Å². The molecule has 0 saturated carbocycles. The van der Waals surface area contributed by atoms with Crippen LogP contribution in [0.4, 0.5) is 17.2 Å². The van der Waals surface area contributed by atoms with E-state index in [9.17, 15) is 0 Å². The zero-order chi connectivity index (χ0) is 18.3. The van der Waals surface area contributed by atoms with E-state index >= 15 is 0 Å². The molecule has 0 radical (unpaired) electrons. The average Bonchev–Trinajstić information content (AvgIpc) is 2.92. The number of para-hydroxylation sites is 1. The third-order valence-electron chi connectivity index (χ3n) is 4.54. The van der Waals surface area contributed by atoms with Gasteiger partial charge >= 0.3 is 0 Å². The van der Waals surface area contributed by atoms with Crippen LogP contribution in [0.2, 0.25) is 0 Å². The van der Waals surface area contributed by atoms with Crippen molar-refractivity contribution in [2.75, 3.05) is 10.6 Å². The Labute approximate surface area is 157 Å². The number of aryl methyl sites for hydroxylation is 2. The SMILES string of the molecule is Cc1cccc(C)c1N1c2c(N)nc(Cc3ccccc3)nc2SC1N. The van der Waals surface area contributed by atoms with Gasteiger partial charge < -0.3 is 16.4 Å². The van der Waals surface area contributed by atoms with Crippen LogP contribution in [0.25, 0.3) is 0 Å². The molecule has 2 heterocycles. The van der Waals surface area contributed by atoms with Crippen molar-refractivity contribution in [2.45, 2.75) is 30.8 Å². The minimum atomic E-state index is -0.270. The van der Waals surface area contributed by atoms with Crippen molar-refractivity contribution in [3.63, 3.8) is 0 Å². The Bertz CT molecular complexity index is 938. The second kappa shape index (κ2) is 6.63. The van der Waals surface area contributed by atoms with Gasteiger partial charge in [0, 0.05) is 12.1 Å². The lowest BCUT2D eigenvalue weighted by Crippen LogP contribution is -2.33. The van der Waals surface area contributed by atoms with E-state index in [0.717, 1.165) is 38.9 Å². The number of nitrogens with two attached hydrogens (primary N) is 2. The molecule has 26 heavy (non-hydrogen) atoms. The summed E-state index contributed by atoms with van der Waals surface area (Å²) in [6, 6.07) is 16.4. The van der Waals surface area contributed by atoms with Gasteiger partial charge in [-0.1, -0.05) is 60.3 Å². The molecule has 0 saturated heterocycles. The number of benzene rings is 2. The molecule has 0 spiro atoms. The number of hydrogen-bond donors (Lipinski definition) is 2. The second-order valence-electron chi connectivity index (χ2n) is 6.46. The Morgan fingerprint density at radius 1 is 0.962 bits per heavy atom. The van der Waals surface area contributed by atoms with Crippen molar-refractivity contribution in [1.82, 2.24) is 9.97 Å². The Morgan fingerprint density at radius 3 is 2.35 bits per heavy atom. The Balaban J connectivity index is 1.76. The van der Waals surface area contributed by atoms with Gasteiger partial charge in [0.05, 0.1) is 0 Å². The number of fused-ring (bicyclic) bond motifs is 1. The minimum absolute atomic E-state index is 0.270. The van der Waals surface area contributed by atoms with Crippen molar-refractivity contribution < 1.29 is 0 Å². The largest absolute Gasteiger partial charge is 0.382 e. The van der Waals surface area contributed by atoms with Crippen molar-refractivity contribution in [3.05, 3.63) is 71.0 Å². The zero-order valence-electron chi connectivity index (χ0n) is 14.8. The summed E-state index contributed by atoms with van der Waals surface area (Å²) in [6.07, 6.45) is 0.650. The average molecular weight is 363 g/mol. The van der Waals surface area contributed by atoms with Gasteiger partial charge in [0.2, 0.25) is 0 Å². The second-order valence-corrected chi connectivity index (χ2v) is 7.57. The number of anilines is 3. The molecule has 1 aromatic heterocycles. The lowest BCUT2D eigenvalue weighted by molar-refractivity contribution is 0.888. The van der Waals surface area contributed by atoms with Gasteiger partial charge in [-0.2, -0.15) is 0 Å². The molecule has 0 fully saturated rings. The van der Waals surface area contributed by atoms with Crippen molar-refractivity contribution in [2.24, 2.45) is 5.73 Å². The van der Waals surface area contributed by atoms with E-state index in [1.807, 2.05) is 24.3 Å². The summed E-state index contributed by atoms with van der Waals surface area (Å²) >= 11 is 1.52. The van der Waals surface area contributed by atoms with Gasteiger partial charge in [-0.25, -0.2) is 9.97 Å². The number of nitrogen functional groups attached to an aromatic ring is 1. The highest BCUT2D eigenvalue weighted by Crippen LogP contribution is 2.48. The molecule has 0 bridgehead atoms. The third-order valence-corrected chi connectivity index (χ3v) is 5.50. The number of hydrogen-bond acceptors (Lipinski definition) is 6. The maximum atomic E-state index is 6.44. The summed E-state index contributed by atoms with van der Waals surface area (Å²) in [5.74, 6) is 1.19. The van der Waals surface area contributed by atoms with E-state index in [-0.39, 0.29) is 5.50 Å². The van der Waals surface area contributed by atoms with Gasteiger partial charge in [0.25, 0.3) is 0 Å². The standard InChI is InChI=1S/C20H21N5S/c1-12-7-6-8-13(2)16(12)25-17-18(21)23-15(24-19(17)26-20(25)22)11-14-9-4-3-5-10-14/h3-10,20H,11,22H2,1-2H3,(H2,21,23,24). The molecular weight excluding hydrogens is 342 g/mol. The first-order valence-electron chi connectivity index (χ1n) is 8.52. The first kappa shape index (κ1) is 16.9. The van der Waals surface area contributed by atoms with Crippen LogP contribution >= 0.6 is 11.8 Å². The van der Waals surface area contributed by atoms with E-state index in [0.29, 0.717) is 12.2 Å². The summed E-state index contributed by atoms with van der Waals surface area (Å²) < 4.78 is 0. The van der Waals surface area contributed by atoms with E-state index in [2.05, 4.69) is 48.0 Å². The first-order valence-corrected chi connectivity index (χ1v) is 9.40. The monoisotopic (exact) mass is 363 g/mol. The Kier molecular flexibility index (Phi) is 4.30. The Morgan fingerprint density at radius 2 is 1.65 bits per heavy atom. The molecule has 3 aromatic rings. The van der Waals surface area contributed by atoms with E-state index in [1.54, 1.807) is 0 Å². The highest BCUT2D eigenvalue weighted by Gasteiger charge is 2.34. The van der Waals surface area contributed by atoms with Crippen LogP contribution in [-0.4, -0.2) is 15.5 Å². The van der Waals surface area contributed by atoms with Gasteiger partial charge in [0.1, 0.15) is 22.0 Å². The molecule has 132 valence electrons. The summed E-state index contributed by atoms with van der Waals surface area (Å²) in [4.78, 5) is 11.4. The van der Waals surface area contributed by atoms with Crippen molar-refractivity contribution >= 4 is 29.0 Å². The number of nitrogens with zero attached hydrogens (tertiary/aromatic N) is 3. The van der Waals surface area contributed by atoms with Crippen molar-refractivity contribution in [3.8, 4) is 0 Å². The molecule has 1 aliphatic heterocycles. The lowest BCUT2D eigenvalue weighted by Gasteiger charge is -2.27. The molecule has 1 aliphatic rings. The van der Waals surface area contributed by atoms with E-state index < -0.39 is 0 Å². The van der Waals surface area contributed by atoms with Crippen LogP contribution in [0.15, 0.2) is 53.6 Å². The molecule has 1 unspecified atom stereocenters. The van der Waals surface area contributed by atoms with Gasteiger partial charge in [-0.05, 0) is 30.5 Å². The quantitative estimate of drug-likeness (QED) is 0.690. The molecular formula is C20H21N5S. The van der Waals surface area contributed by atoms with Gasteiger partial charge in [-0.3, -0.25) is 0 Å². The number of aromatic nitrogens is 2. The number of thioether (sulfide) groups is 1. The van der Waals surface area contributed by atoms with Crippen LogP contribution in [0.1, 0.15) is 22.5 Å². The molecule has 4 N–H and O–H groups in total. The summed E-state index contributed by atoms with van der Waals surface area (Å²) in [7, 11) is 0. The molecule has 0 amide bonds. The molecule has 6 heteroatoms. The van der Waals surface area contributed by atoms with Crippen LogP contribution in [0.5, 0.6) is 0 Å². The summed E-state index contributed by atoms with van der Waals surface area (Å²) in [5.41, 5.74) is 17.9. The normalized spacial score (nSPS) is 16.0. The maximum absolute atomic E-state index is 6.44. The summed E-state index contributed by atoms with van der Waals surface area (Å²) in [5, 5.41) is 0.846. The van der Waals surface area contributed by atoms with Crippen LogP contribution in [-0.2, 0) is 6.42 Å². The highest BCUT2D eigenvalue weighted by atomic mass is 32.2. The van der Waals surface area contributed by atoms with Gasteiger partial charge in [0.15, 0.2) is 5.82 Å². The third kappa shape index (κ3) is 2.91. The molecule has 1 atom stereocenters. The van der Waals surface area contributed by atoms with Crippen LogP contribution in [0, 0.1) is 13.8 Å². The minimum Gasteiger partial charge on any atom is -0.382 e. The molecule has 0 aliphatic carbocycles. The van der Waals surface area contributed by atoms with E-state index in [4.69, 9.17) is 16.5 Å². The highest BCUT2D eigenvalue weighted by molar-refractivity contribution is 8.00. The van der Waals surface area contributed by atoms with Crippen LogP contribution in [0.3, 0.4) is 0 Å². The predicted molar refractivity (Wildman–Crippen MR) is 108 cm³/mol. The first-order chi connectivity index (χ1) is 12.5. The Hall–Kier alpha value is -2.57. The molecule has 4 rings (SSSR count).